The summed E-state index contributed by atoms with van der Waals surface area (Å²) in [5, 5.41) is 11.2. The van der Waals surface area contributed by atoms with Gasteiger partial charge in [-0.15, -0.1) is 0 Å². The maximum atomic E-state index is 3.66. The highest BCUT2D eigenvalue weighted by Crippen LogP contribution is 2.39. The fourth-order valence-corrected chi connectivity index (χ4v) is 6.07. The number of hydrogen-bond donors (Lipinski definition) is 1. The van der Waals surface area contributed by atoms with E-state index in [2.05, 4.69) is 162 Å². The molecule has 0 fully saturated rings. The Bertz CT molecular complexity index is 2170. The van der Waals surface area contributed by atoms with E-state index in [9.17, 15) is 0 Å². The van der Waals surface area contributed by atoms with Gasteiger partial charge >= 0.3 is 0 Å². The Labute approximate surface area is 232 Å². The van der Waals surface area contributed by atoms with Gasteiger partial charge in [-0.1, -0.05) is 115 Å². The summed E-state index contributed by atoms with van der Waals surface area (Å²) in [6, 6.07) is 54.3. The minimum Gasteiger partial charge on any atom is -0.355 e. The van der Waals surface area contributed by atoms with Crippen LogP contribution in [-0.4, -0.2) is 4.57 Å². The minimum atomic E-state index is 1.06. The summed E-state index contributed by atoms with van der Waals surface area (Å²) in [4.78, 5) is 0. The molecule has 0 aliphatic heterocycles. The van der Waals surface area contributed by atoms with Gasteiger partial charge in [-0.25, -0.2) is 0 Å². The van der Waals surface area contributed by atoms with Crippen molar-refractivity contribution in [2.24, 2.45) is 0 Å². The maximum Gasteiger partial charge on any atom is 0.0562 e. The standard InChI is InChI=1S/C38H26N2/c1-2-9-26(10-3-1)27-17-20-30(21-18-27)39-31-22-23-34-37(25-31)40(35-16-8-13-28-11-4-6-14-32(28)35)36-24-19-29-12-5-7-15-33(29)38(34)36/h1-25,39H. The van der Waals surface area contributed by atoms with E-state index in [0.717, 1.165) is 11.4 Å². The summed E-state index contributed by atoms with van der Waals surface area (Å²) >= 11 is 0. The Morgan fingerprint density at radius 1 is 0.400 bits per heavy atom. The van der Waals surface area contributed by atoms with Crippen molar-refractivity contribution in [1.29, 1.82) is 0 Å². The van der Waals surface area contributed by atoms with Crippen LogP contribution in [0.3, 0.4) is 0 Å². The number of aromatic nitrogens is 1. The quantitative estimate of drug-likeness (QED) is 0.249. The fourth-order valence-electron chi connectivity index (χ4n) is 6.07. The predicted octanol–water partition coefficient (Wildman–Crippen LogP) is 10.5. The SMILES string of the molecule is c1ccc(-c2ccc(Nc3ccc4c5c6ccccc6ccc5n(-c5cccc6ccccc56)c4c3)cc2)cc1. The highest BCUT2D eigenvalue weighted by molar-refractivity contribution is 6.22. The van der Waals surface area contributed by atoms with Crippen LogP contribution in [0.2, 0.25) is 0 Å². The number of nitrogens with one attached hydrogen (secondary N) is 1. The van der Waals surface area contributed by atoms with Crippen LogP contribution in [0.25, 0.3) is 60.2 Å². The molecule has 40 heavy (non-hydrogen) atoms. The first-order chi connectivity index (χ1) is 19.8. The van der Waals surface area contributed by atoms with Gasteiger partial charge in [-0.05, 0) is 63.7 Å². The molecule has 0 radical (unpaired) electrons. The number of fused-ring (bicyclic) bond motifs is 6. The summed E-state index contributed by atoms with van der Waals surface area (Å²) in [6.45, 7) is 0. The van der Waals surface area contributed by atoms with Gasteiger partial charge in [0.05, 0.1) is 16.7 Å². The third kappa shape index (κ3) is 3.65. The Morgan fingerprint density at radius 3 is 1.88 bits per heavy atom. The molecule has 0 aliphatic rings. The Balaban J connectivity index is 1.32. The molecule has 0 aliphatic carbocycles. The van der Waals surface area contributed by atoms with Gasteiger partial charge in [0.15, 0.2) is 0 Å². The molecule has 0 atom stereocenters. The summed E-state index contributed by atoms with van der Waals surface area (Å²) in [5.74, 6) is 0. The van der Waals surface area contributed by atoms with Crippen molar-refractivity contribution in [2.75, 3.05) is 5.32 Å². The molecular weight excluding hydrogens is 484 g/mol. The first kappa shape index (κ1) is 22.6. The first-order valence-corrected chi connectivity index (χ1v) is 13.7. The van der Waals surface area contributed by atoms with Crippen molar-refractivity contribution in [3.05, 3.63) is 152 Å². The molecule has 0 bridgehead atoms. The molecule has 0 saturated carbocycles. The van der Waals surface area contributed by atoms with E-state index in [1.165, 1.54) is 60.2 Å². The molecule has 0 amide bonds. The van der Waals surface area contributed by atoms with E-state index in [1.807, 2.05) is 0 Å². The van der Waals surface area contributed by atoms with Gasteiger partial charge in [-0.3, -0.25) is 0 Å². The van der Waals surface area contributed by atoms with Crippen LogP contribution in [0.4, 0.5) is 11.4 Å². The van der Waals surface area contributed by atoms with Crippen LogP contribution in [0.5, 0.6) is 0 Å². The molecule has 0 unspecified atom stereocenters. The van der Waals surface area contributed by atoms with Crippen LogP contribution in [-0.2, 0) is 0 Å². The van der Waals surface area contributed by atoms with Crippen LogP contribution in [0, 0.1) is 0 Å². The minimum absolute atomic E-state index is 1.06. The zero-order valence-electron chi connectivity index (χ0n) is 21.9. The fraction of sp³-hybridized carbons (Fsp3) is 0. The van der Waals surface area contributed by atoms with Crippen LogP contribution >= 0.6 is 0 Å². The number of rotatable bonds is 4. The topological polar surface area (TPSA) is 17.0 Å². The van der Waals surface area contributed by atoms with E-state index in [1.54, 1.807) is 0 Å². The molecule has 1 aromatic heterocycles. The zero-order valence-corrected chi connectivity index (χ0v) is 21.9. The third-order valence-electron chi connectivity index (χ3n) is 7.94. The second-order valence-electron chi connectivity index (χ2n) is 10.3. The van der Waals surface area contributed by atoms with Crippen molar-refractivity contribution in [3.8, 4) is 16.8 Å². The summed E-state index contributed by atoms with van der Waals surface area (Å²) in [6.07, 6.45) is 0. The average Bonchev–Trinajstić information content (AvgIpc) is 3.35. The molecule has 8 rings (SSSR count). The van der Waals surface area contributed by atoms with Crippen LogP contribution in [0.15, 0.2) is 152 Å². The van der Waals surface area contributed by atoms with Crippen LogP contribution < -0.4 is 5.32 Å². The molecule has 8 aromatic rings. The molecule has 1 heterocycles. The summed E-state index contributed by atoms with van der Waals surface area (Å²) < 4.78 is 2.43. The molecule has 2 nitrogen and oxygen atoms in total. The molecular formula is C38H26N2. The van der Waals surface area contributed by atoms with Crippen molar-refractivity contribution in [3.63, 3.8) is 0 Å². The average molecular weight is 511 g/mol. The summed E-state index contributed by atoms with van der Waals surface area (Å²) in [7, 11) is 0. The van der Waals surface area contributed by atoms with Crippen molar-refractivity contribution >= 4 is 54.7 Å². The van der Waals surface area contributed by atoms with Gasteiger partial charge in [0.25, 0.3) is 0 Å². The second kappa shape index (κ2) is 9.14. The van der Waals surface area contributed by atoms with Crippen LogP contribution in [0.1, 0.15) is 0 Å². The van der Waals surface area contributed by atoms with Crippen molar-refractivity contribution < 1.29 is 0 Å². The highest BCUT2D eigenvalue weighted by Gasteiger charge is 2.17. The van der Waals surface area contributed by atoms with E-state index >= 15 is 0 Å². The van der Waals surface area contributed by atoms with Gasteiger partial charge < -0.3 is 9.88 Å². The van der Waals surface area contributed by atoms with Gasteiger partial charge in [-0.2, -0.15) is 0 Å². The van der Waals surface area contributed by atoms with E-state index in [-0.39, 0.29) is 0 Å². The lowest BCUT2D eigenvalue weighted by molar-refractivity contribution is 1.20. The largest absolute Gasteiger partial charge is 0.355 e. The lowest BCUT2D eigenvalue weighted by atomic mass is 10.0. The number of nitrogens with zero attached hydrogens (tertiary/aromatic N) is 1. The third-order valence-corrected chi connectivity index (χ3v) is 7.94. The Morgan fingerprint density at radius 2 is 1.05 bits per heavy atom. The summed E-state index contributed by atoms with van der Waals surface area (Å²) in [5.41, 5.74) is 8.17. The van der Waals surface area contributed by atoms with Crippen molar-refractivity contribution in [1.82, 2.24) is 4.57 Å². The molecule has 2 heteroatoms. The van der Waals surface area contributed by atoms with E-state index < -0.39 is 0 Å². The molecule has 188 valence electrons. The lowest BCUT2D eigenvalue weighted by Gasteiger charge is -2.13. The van der Waals surface area contributed by atoms with E-state index in [0.29, 0.717) is 0 Å². The maximum absolute atomic E-state index is 3.66. The molecule has 0 saturated heterocycles. The second-order valence-corrected chi connectivity index (χ2v) is 10.3. The highest BCUT2D eigenvalue weighted by atomic mass is 15.0. The van der Waals surface area contributed by atoms with Gasteiger partial charge in [0, 0.05) is 27.5 Å². The molecule has 0 spiro atoms. The number of hydrogen-bond acceptors (Lipinski definition) is 1. The zero-order chi connectivity index (χ0) is 26.5. The normalized spacial score (nSPS) is 11.5. The smallest absolute Gasteiger partial charge is 0.0562 e. The predicted molar refractivity (Wildman–Crippen MR) is 171 cm³/mol. The number of benzene rings is 7. The van der Waals surface area contributed by atoms with Crippen molar-refractivity contribution in [2.45, 2.75) is 0 Å². The number of anilines is 2. The monoisotopic (exact) mass is 510 g/mol. The molecule has 7 aromatic carbocycles. The first-order valence-electron chi connectivity index (χ1n) is 13.7. The van der Waals surface area contributed by atoms with Gasteiger partial charge in [0.1, 0.15) is 0 Å². The lowest BCUT2D eigenvalue weighted by Crippen LogP contribution is -1.96. The molecule has 1 N–H and O–H groups in total. The van der Waals surface area contributed by atoms with Gasteiger partial charge in [0.2, 0.25) is 0 Å². The van der Waals surface area contributed by atoms with E-state index in [4.69, 9.17) is 0 Å². The Kier molecular flexibility index (Phi) is 5.17. The Hall–Kier alpha value is -5.34.